The summed E-state index contributed by atoms with van der Waals surface area (Å²) >= 11 is 12.8. The summed E-state index contributed by atoms with van der Waals surface area (Å²) in [5, 5.41) is 8.27. The number of morpholine rings is 1. The summed E-state index contributed by atoms with van der Waals surface area (Å²) in [5.74, 6) is 0.634. The van der Waals surface area contributed by atoms with Gasteiger partial charge >= 0.3 is 0 Å². The standard InChI is InChI=1S/C24H27Cl2N5O2/c1-15-12-30(13-16(2)33-15)21-9-8-18(10-27-21)11-28-24(32)22-17(3)29-31(23(22)26)14-19-6-4-5-7-20(19)25/h4-10,15-16H,11-14H2,1-3H3,(H,28,32). The lowest BCUT2D eigenvalue weighted by atomic mass is 10.2. The molecule has 33 heavy (non-hydrogen) atoms. The third-order valence-corrected chi connectivity index (χ3v) is 6.33. The predicted octanol–water partition coefficient (Wildman–Crippen LogP) is 4.49. The number of nitrogens with one attached hydrogen (secondary N) is 1. The van der Waals surface area contributed by atoms with Gasteiger partial charge in [0.15, 0.2) is 0 Å². The van der Waals surface area contributed by atoms with Crippen LogP contribution in [-0.4, -0.2) is 46.0 Å². The Morgan fingerprint density at radius 3 is 2.55 bits per heavy atom. The van der Waals surface area contributed by atoms with Gasteiger partial charge in [-0.3, -0.25) is 4.79 Å². The molecule has 1 aliphatic heterocycles. The maximum absolute atomic E-state index is 12.9. The summed E-state index contributed by atoms with van der Waals surface area (Å²) in [4.78, 5) is 19.7. The number of carbonyl (C=O) groups is 1. The van der Waals surface area contributed by atoms with Gasteiger partial charge in [0.25, 0.3) is 5.91 Å². The zero-order valence-corrected chi connectivity index (χ0v) is 20.4. The molecule has 174 valence electrons. The molecule has 1 aromatic carbocycles. The number of rotatable bonds is 6. The van der Waals surface area contributed by atoms with E-state index in [1.165, 1.54) is 0 Å². The second-order valence-corrected chi connectivity index (χ2v) is 9.14. The summed E-state index contributed by atoms with van der Waals surface area (Å²) in [7, 11) is 0. The van der Waals surface area contributed by atoms with Crippen LogP contribution in [0, 0.1) is 6.92 Å². The number of hydrogen-bond acceptors (Lipinski definition) is 5. The van der Waals surface area contributed by atoms with Crippen molar-refractivity contribution in [2.24, 2.45) is 0 Å². The Bertz CT molecular complexity index is 1120. The lowest BCUT2D eigenvalue weighted by molar-refractivity contribution is -0.00546. The highest BCUT2D eigenvalue weighted by atomic mass is 35.5. The van der Waals surface area contributed by atoms with Crippen molar-refractivity contribution >= 4 is 34.9 Å². The van der Waals surface area contributed by atoms with Crippen molar-refractivity contribution in [3.63, 3.8) is 0 Å². The molecule has 3 aromatic rings. The van der Waals surface area contributed by atoms with E-state index in [2.05, 4.69) is 34.1 Å². The fourth-order valence-corrected chi connectivity index (χ4v) is 4.56. The molecule has 1 amide bonds. The lowest BCUT2D eigenvalue weighted by Gasteiger charge is -2.36. The molecule has 7 nitrogen and oxygen atoms in total. The largest absolute Gasteiger partial charge is 0.372 e. The molecule has 2 unspecified atom stereocenters. The lowest BCUT2D eigenvalue weighted by Crippen LogP contribution is -2.45. The minimum absolute atomic E-state index is 0.168. The van der Waals surface area contributed by atoms with Crippen LogP contribution < -0.4 is 10.2 Å². The Labute approximate surface area is 203 Å². The van der Waals surface area contributed by atoms with Crippen molar-refractivity contribution in [2.45, 2.75) is 46.1 Å². The molecule has 1 saturated heterocycles. The topological polar surface area (TPSA) is 72.3 Å². The second-order valence-electron chi connectivity index (χ2n) is 8.37. The fourth-order valence-electron chi connectivity index (χ4n) is 4.05. The highest BCUT2D eigenvalue weighted by molar-refractivity contribution is 6.33. The molecule has 0 radical (unpaired) electrons. The van der Waals surface area contributed by atoms with E-state index in [4.69, 9.17) is 27.9 Å². The van der Waals surface area contributed by atoms with E-state index in [1.807, 2.05) is 36.4 Å². The van der Waals surface area contributed by atoms with E-state index in [1.54, 1.807) is 17.8 Å². The smallest absolute Gasteiger partial charge is 0.256 e. The van der Waals surface area contributed by atoms with Gasteiger partial charge < -0.3 is 15.0 Å². The molecule has 1 fully saturated rings. The number of pyridine rings is 1. The number of aryl methyl sites for hydroxylation is 1. The fraction of sp³-hybridized carbons (Fsp3) is 0.375. The third kappa shape index (κ3) is 5.49. The zero-order valence-electron chi connectivity index (χ0n) is 18.9. The number of anilines is 1. The van der Waals surface area contributed by atoms with Crippen molar-refractivity contribution in [1.82, 2.24) is 20.1 Å². The maximum Gasteiger partial charge on any atom is 0.256 e. The van der Waals surface area contributed by atoms with E-state index in [-0.39, 0.29) is 23.3 Å². The summed E-state index contributed by atoms with van der Waals surface area (Å²) in [6.45, 7) is 8.24. The van der Waals surface area contributed by atoms with Crippen LogP contribution in [0.1, 0.15) is 41.0 Å². The van der Waals surface area contributed by atoms with Gasteiger partial charge in [-0.25, -0.2) is 9.67 Å². The van der Waals surface area contributed by atoms with Crippen LogP contribution in [0.15, 0.2) is 42.6 Å². The Balaban J connectivity index is 1.40. The molecule has 4 rings (SSSR count). The van der Waals surface area contributed by atoms with Gasteiger partial charge in [0.1, 0.15) is 11.0 Å². The van der Waals surface area contributed by atoms with E-state index < -0.39 is 0 Å². The summed E-state index contributed by atoms with van der Waals surface area (Å²) in [5.41, 5.74) is 2.71. The molecule has 1 N–H and O–H groups in total. The monoisotopic (exact) mass is 487 g/mol. The number of benzene rings is 1. The highest BCUT2D eigenvalue weighted by Gasteiger charge is 2.23. The van der Waals surface area contributed by atoms with Crippen LogP contribution in [0.5, 0.6) is 0 Å². The summed E-state index contributed by atoms with van der Waals surface area (Å²) in [6.07, 6.45) is 2.12. The minimum atomic E-state index is -0.275. The summed E-state index contributed by atoms with van der Waals surface area (Å²) in [6, 6.07) is 11.4. The van der Waals surface area contributed by atoms with Gasteiger partial charge in [0.2, 0.25) is 0 Å². The van der Waals surface area contributed by atoms with E-state index in [9.17, 15) is 4.79 Å². The highest BCUT2D eigenvalue weighted by Crippen LogP contribution is 2.24. The quantitative estimate of drug-likeness (QED) is 0.554. The van der Waals surface area contributed by atoms with E-state index >= 15 is 0 Å². The van der Waals surface area contributed by atoms with Crippen LogP contribution in [0.4, 0.5) is 5.82 Å². The number of halogens is 2. The zero-order chi connectivity index (χ0) is 23.5. The molecule has 9 heteroatoms. The van der Waals surface area contributed by atoms with Crippen molar-refractivity contribution in [1.29, 1.82) is 0 Å². The van der Waals surface area contributed by atoms with Crippen LogP contribution in [0.2, 0.25) is 10.2 Å². The molecule has 1 aliphatic rings. The molecular formula is C24H27Cl2N5O2. The Kier molecular flexibility index (Phi) is 7.22. The van der Waals surface area contributed by atoms with Crippen LogP contribution in [-0.2, 0) is 17.8 Å². The van der Waals surface area contributed by atoms with Gasteiger partial charge in [0, 0.05) is 30.9 Å². The first kappa shape index (κ1) is 23.5. The molecule has 0 aliphatic carbocycles. The first-order chi connectivity index (χ1) is 15.8. The Hall–Kier alpha value is -2.61. The number of amides is 1. The van der Waals surface area contributed by atoms with Gasteiger partial charge in [-0.1, -0.05) is 47.5 Å². The second kappa shape index (κ2) is 10.1. The van der Waals surface area contributed by atoms with E-state index in [0.717, 1.165) is 30.0 Å². The van der Waals surface area contributed by atoms with E-state index in [0.29, 0.717) is 29.4 Å². The number of aromatic nitrogens is 3. The minimum Gasteiger partial charge on any atom is -0.372 e. The molecule has 0 spiro atoms. The molecule has 0 saturated carbocycles. The Morgan fingerprint density at radius 1 is 1.15 bits per heavy atom. The van der Waals surface area contributed by atoms with Crippen molar-refractivity contribution in [3.8, 4) is 0 Å². The molecule has 3 heterocycles. The molecule has 2 atom stereocenters. The maximum atomic E-state index is 12.9. The molecule has 0 bridgehead atoms. The number of nitrogens with zero attached hydrogens (tertiary/aromatic N) is 4. The average Bonchev–Trinajstić information content (AvgIpc) is 3.06. The average molecular weight is 488 g/mol. The normalized spacial score (nSPS) is 18.4. The van der Waals surface area contributed by atoms with Gasteiger partial charge in [0.05, 0.1) is 30.0 Å². The number of hydrogen-bond donors (Lipinski definition) is 1. The molecule has 2 aromatic heterocycles. The first-order valence-electron chi connectivity index (χ1n) is 10.9. The SMILES string of the molecule is Cc1nn(Cc2ccccc2Cl)c(Cl)c1C(=O)NCc1ccc(N2CC(C)OC(C)C2)nc1. The van der Waals surface area contributed by atoms with Crippen molar-refractivity contribution in [2.75, 3.05) is 18.0 Å². The van der Waals surface area contributed by atoms with Crippen LogP contribution >= 0.6 is 23.2 Å². The van der Waals surface area contributed by atoms with Crippen molar-refractivity contribution in [3.05, 3.63) is 75.2 Å². The van der Waals surface area contributed by atoms with Crippen LogP contribution in [0.3, 0.4) is 0 Å². The summed E-state index contributed by atoms with van der Waals surface area (Å²) < 4.78 is 7.38. The Morgan fingerprint density at radius 2 is 1.88 bits per heavy atom. The van der Waals surface area contributed by atoms with Gasteiger partial charge in [-0.2, -0.15) is 5.10 Å². The number of ether oxygens (including phenoxy) is 1. The van der Waals surface area contributed by atoms with Crippen LogP contribution in [0.25, 0.3) is 0 Å². The first-order valence-corrected chi connectivity index (χ1v) is 11.7. The predicted molar refractivity (Wildman–Crippen MR) is 130 cm³/mol. The molecular weight excluding hydrogens is 461 g/mol. The van der Waals surface area contributed by atoms with Gasteiger partial charge in [-0.15, -0.1) is 0 Å². The number of carbonyl (C=O) groups excluding carboxylic acids is 1. The third-order valence-electron chi connectivity index (χ3n) is 5.58. The van der Waals surface area contributed by atoms with Gasteiger partial charge in [-0.05, 0) is 44.0 Å². The van der Waals surface area contributed by atoms with Crippen molar-refractivity contribution < 1.29 is 9.53 Å².